The van der Waals surface area contributed by atoms with Crippen LogP contribution in [0.15, 0.2) is 0 Å². The van der Waals surface area contributed by atoms with Gasteiger partial charge in [0.25, 0.3) is 0 Å². The minimum absolute atomic E-state index is 0.511. The van der Waals surface area contributed by atoms with E-state index >= 15 is 0 Å². The highest BCUT2D eigenvalue weighted by atomic mass is 33.1. The maximum atomic E-state index is 11.4. The van der Waals surface area contributed by atoms with Gasteiger partial charge in [0.05, 0.1) is 10.8 Å². The zero-order chi connectivity index (χ0) is 9.68. The van der Waals surface area contributed by atoms with Gasteiger partial charge in [0.1, 0.15) is 5.25 Å². The van der Waals surface area contributed by atoms with E-state index in [0.717, 1.165) is 11.7 Å². The van der Waals surface area contributed by atoms with Crippen LogP contribution in [-0.2, 0) is 10.2 Å². The molecular weight excluding hydrogens is 200 g/mol. The SMILES string of the molecule is CC(C)CCCC[C@H]1CCS[S+]1[O-]. The van der Waals surface area contributed by atoms with Gasteiger partial charge in [0.2, 0.25) is 0 Å². The van der Waals surface area contributed by atoms with E-state index in [1.165, 1.54) is 32.1 Å². The Labute approximate surface area is 88.6 Å². The lowest BCUT2D eigenvalue weighted by molar-refractivity contribution is 0.515. The molecule has 1 rings (SSSR count). The van der Waals surface area contributed by atoms with E-state index in [9.17, 15) is 4.55 Å². The van der Waals surface area contributed by atoms with Gasteiger partial charge in [0, 0.05) is 22.4 Å². The minimum atomic E-state index is -0.558. The number of unbranched alkanes of at least 4 members (excludes halogenated alkanes) is 1. The summed E-state index contributed by atoms with van der Waals surface area (Å²) in [4.78, 5) is 0. The van der Waals surface area contributed by atoms with Crippen LogP contribution in [0.25, 0.3) is 0 Å². The summed E-state index contributed by atoms with van der Waals surface area (Å²) in [6.45, 7) is 4.53. The first kappa shape index (κ1) is 11.7. The van der Waals surface area contributed by atoms with Crippen LogP contribution in [0.5, 0.6) is 0 Å². The summed E-state index contributed by atoms with van der Waals surface area (Å²) < 4.78 is 11.4. The molecule has 0 aromatic rings. The molecule has 0 bridgehead atoms. The molecule has 1 aliphatic rings. The summed E-state index contributed by atoms with van der Waals surface area (Å²) in [7, 11) is 1.08. The molecule has 0 aromatic carbocycles. The molecule has 2 atom stereocenters. The van der Waals surface area contributed by atoms with E-state index in [1.807, 2.05) is 0 Å². The maximum Gasteiger partial charge on any atom is 0.128 e. The number of hydrogen-bond donors (Lipinski definition) is 0. The zero-order valence-electron chi connectivity index (χ0n) is 8.62. The van der Waals surface area contributed by atoms with Gasteiger partial charge >= 0.3 is 0 Å². The third-order valence-electron chi connectivity index (χ3n) is 2.47. The molecular formula is C10H20OS2. The van der Waals surface area contributed by atoms with Crippen molar-refractivity contribution in [2.75, 3.05) is 5.75 Å². The molecule has 0 radical (unpaired) electrons. The van der Waals surface area contributed by atoms with Gasteiger partial charge in [-0.2, -0.15) is 0 Å². The predicted octanol–water partition coefficient (Wildman–Crippen LogP) is 3.37. The summed E-state index contributed by atoms with van der Waals surface area (Å²) in [5.74, 6) is 1.94. The Morgan fingerprint density at radius 3 is 2.77 bits per heavy atom. The van der Waals surface area contributed by atoms with E-state index in [4.69, 9.17) is 0 Å². The second kappa shape index (κ2) is 6.20. The van der Waals surface area contributed by atoms with Crippen LogP contribution >= 0.6 is 10.8 Å². The largest absolute Gasteiger partial charge is 0.605 e. The van der Waals surface area contributed by atoms with Crippen LogP contribution in [0.4, 0.5) is 0 Å². The lowest BCUT2D eigenvalue weighted by Crippen LogP contribution is -2.11. The van der Waals surface area contributed by atoms with Crippen molar-refractivity contribution >= 4 is 21.0 Å². The highest BCUT2D eigenvalue weighted by molar-refractivity contribution is 8.72. The fourth-order valence-electron chi connectivity index (χ4n) is 1.62. The van der Waals surface area contributed by atoms with Crippen molar-refractivity contribution in [2.45, 2.75) is 51.2 Å². The van der Waals surface area contributed by atoms with Crippen LogP contribution in [-0.4, -0.2) is 15.6 Å². The average Bonchev–Trinajstić information content (AvgIpc) is 2.45. The summed E-state index contributed by atoms with van der Waals surface area (Å²) in [5.41, 5.74) is 0. The Balaban J connectivity index is 1.99. The lowest BCUT2D eigenvalue weighted by atomic mass is 10.0. The molecule has 1 saturated heterocycles. The molecule has 0 amide bonds. The van der Waals surface area contributed by atoms with Crippen molar-refractivity contribution in [1.29, 1.82) is 0 Å². The average molecular weight is 220 g/mol. The number of hydrogen-bond acceptors (Lipinski definition) is 2. The van der Waals surface area contributed by atoms with E-state index < -0.39 is 10.2 Å². The molecule has 0 spiro atoms. The minimum Gasteiger partial charge on any atom is -0.605 e. The van der Waals surface area contributed by atoms with Crippen LogP contribution < -0.4 is 0 Å². The topological polar surface area (TPSA) is 23.1 Å². The Kier molecular flexibility index (Phi) is 5.60. The molecule has 1 fully saturated rings. The van der Waals surface area contributed by atoms with E-state index in [0.29, 0.717) is 5.25 Å². The summed E-state index contributed by atoms with van der Waals surface area (Å²) in [6, 6.07) is 0. The smallest absolute Gasteiger partial charge is 0.128 e. The first-order valence-corrected chi connectivity index (χ1v) is 7.95. The molecule has 0 aromatic heterocycles. The van der Waals surface area contributed by atoms with Crippen molar-refractivity contribution in [3.63, 3.8) is 0 Å². The van der Waals surface area contributed by atoms with Gasteiger partial charge in [-0.1, -0.05) is 26.7 Å². The fourth-order valence-corrected chi connectivity index (χ4v) is 5.11. The van der Waals surface area contributed by atoms with Gasteiger partial charge in [-0.15, -0.1) is 0 Å². The molecule has 1 heterocycles. The van der Waals surface area contributed by atoms with Gasteiger partial charge in [0.15, 0.2) is 0 Å². The lowest BCUT2D eigenvalue weighted by Gasteiger charge is -2.11. The standard InChI is InChI=1S/C10H20OS2/c1-9(2)5-3-4-6-10-7-8-12-13(10)11/h9-10H,3-8H2,1-2H3/t10-,13?/m0/s1. The highest BCUT2D eigenvalue weighted by Gasteiger charge is 2.30. The van der Waals surface area contributed by atoms with Crippen molar-refractivity contribution in [1.82, 2.24) is 0 Å². The van der Waals surface area contributed by atoms with E-state index in [1.54, 1.807) is 10.8 Å². The van der Waals surface area contributed by atoms with Gasteiger partial charge < -0.3 is 4.55 Å². The Hall–Kier alpha value is 0.660. The third-order valence-corrected chi connectivity index (χ3v) is 6.13. The van der Waals surface area contributed by atoms with Crippen molar-refractivity contribution in [3.8, 4) is 0 Å². The molecule has 3 heteroatoms. The quantitative estimate of drug-likeness (QED) is 0.403. The second-order valence-corrected chi connectivity index (χ2v) is 7.70. The van der Waals surface area contributed by atoms with Gasteiger partial charge in [-0.05, 0) is 18.8 Å². The Morgan fingerprint density at radius 1 is 1.46 bits per heavy atom. The Bertz CT molecular complexity index is 139. The van der Waals surface area contributed by atoms with Crippen molar-refractivity contribution < 1.29 is 4.55 Å². The second-order valence-electron chi connectivity index (χ2n) is 4.17. The summed E-state index contributed by atoms with van der Waals surface area (Å²) in [5, 5.41) is 0.511. The zero-order valence-corrected chi connectivity index (χ0v) is 10.3. The van der Waals surface area contributed by atoms with E-state index in [2.05, 4.69) is 13.8 Å². The highest BCUT2D eigenvalue weighted by Crippen LogP contribution is 2.33. The summed E-state index contributed by atoms with van der Waals surface area (Å²) >= 11 is 0. The van der Waals surface area contributed by atoms with Crippen LogP contribution in [0.1, 0.15) is 46.0 Å². The first-order valence-electron chi connectivity index (χ1n) is 5.24. The molecule has 1 unspecified atom stereocenters. The fraction of sp³-hybridized carbons (Fsp3) is 1.00. The molecule has 0 aliphatic carbocycles. The number of rotatable bonds is 5. The van der Waals surface area contributed by atoms with Crippen LogP contribution in [0.3, 0.4) is 0 Å². The third kappa shape index (κ3) is 4.61. The molecule has 78 valence electrons. The normalized spacial score (nSPS) is 28.6. The molecule has 0 saturated carbocycles. The molecule has 0 N–H and O–H groups in total. The van der Waals surface area contributed by atoms with Gasteiger partial charge in [-0.3, -0.25) is 0 Å². The van der Waals surface area contributed by atoms with Gasteiger partial charge in [-0.25, -0.2) is 0 Å². The molecule has 1 nitrogen and oxygen atoms in total. The summed E-state index contributed by atoms with van der Waals surface area (Å²) in [6.07, 6.45) is 6.28. The molecule has 1 aliphatic heterocycles. The maximum absolute atomic E-state index is 11.4. The van der Waals surface area contributed by atoms with Crippen molar-refractivity contribution in [3.05, 3.63) is 0 Å². The first-order chi connectivity index (χ1) is 6.20. The van der Waals surface area contributed by atoms with E-state index in [-0.39, 0.29) is 0 Å². The van der Waals surface area contributed by atoms with Crippen LogP contribution in [0, 0.1) is 5.92 Å². The van der Waals surface area contributed by atoms with Crippen LogP contribution in [0.2, 0.25) is 0 Å². The molecule has 13 heavy (non-hydrogen) atoms. The van der Waals surface area contributed by atoms with Crippen molar-refractivity contribution in [2.24, 2.45) is 5.92 Å². The predicted molar refractivity (Wildman–Crippen MR) is 62.3 cm³/mol. The Morgan fingerprint density at radius 2 is 2.23 bits per heavy atom. The monoisotopic (exact) mass is 220 g/mol.